The second-order valence-electron chi connectivity index (χ2n) is 7.82. The van der Waals surface area contributed by atoms with Gasteiger partial charge in [0.05, 0.1) is 34.7 Å². The Labute approximate surface area is 184 Å². The molecule has 4 aromatic rings. The van der Waals surface area contributed by atoms with Crippen LogP contribution in [0.1, 0.15) is 17.4 Å². The number of pyridine rings is 1. The molecule has 1 atom stereocenters. The minimum Gasteiger partial charge on any atom is -0.477 e. The second kappa shape index (κ2) is 7.40. The van der Waals surface area contributed by atoms with Crippen LogP contribution in [0.25, 0.3) is 33.0 Å². The van der Waals surface area contributed by atoms with Gasteiger partial charge in [0.2, 0.25) is 0 Å². The van der Waals surface area contributed by atoms with Gasteiger partial charge < -0.3 is 19.1 Å². The van der Waals surface area contributed by atoms with E-state index in [4.69, 9.17) is 4.42 Å². The second-order valence-corrected chi connectivity index (χ2v) is 7.82. The van der Waals surface area contributed by atoms with Crippen molar-refractivity contribution in [2.75, 3.05) is 0 Å². The van der Waals surface area contributed by atoms with Gasteiger partial charge in [-0.05, 0) is 36.4 Å². The third-order valence-corrected chi connectivity index (χ3v) is 5.80. The summed E-state index contributed by atoms with van der Waals surface area (Å²) < 4.78 is 36.3. The van der Waals surface area contributed by atoms with E-state index in [1.54, 1.807) is 6.92 Å². The van der Waals surface area contributed by atoms with E-state index in [0.29, 0.717) is 0 Å². The summed E-state index contributed by atoms with van der Waals surface area (Å²) in [6, 6.07) is 5.48. The minimum atomic E-state index is -1.41. The Kier molecular flexibility index (Phi) is 4.63. The number of hydrogen-bond acceptors (Lipinski definition) is 4. The lowest BCUT2D eigenvalue weighted by Crippen LogP contribution is -2.17. The van der Waals surface area contributed by atoms with Crippen LogP contribution >= 0.6 is 0 Å². The quantitative estimate of drug-likeness (QED) is 0.474. The Morgan fingerprint density at radius 3 is 2.79 bits per heavy atom. The molecule has 3 heterocycles. The number of allylic oxidation sites excluding steroid dienone is 4. The number of halogens is 2. The highest BCUT2D eigenvalue weighted by Gasteiger charge is 2.30. The normalized spacial score (nSPS) is 16.3. The van der Waals surface area contributed by atoms with Crippen molar-refractivity contribution < 1.29 is 27.9 Å². The molecule has 1 aliphatic rings. The lowest BCUT2D eigenvalue weighted by molar-refractivity contribution is -0.116. The number of H-pyrrole nitrogens is 1. The van der Waals surface area contributed by atoms with Gasteiger partial charge in [-0.15, -0.1) is 0 Å². The maximum absolute atomic E-state index is 14.9. The number of nitrogens with zero attached hydrogens (tertiary/aromatic N) is 1. The van der Waals surface area contributed by atoms with Crippen molar-refractivity contribution in [2.45, 2.75) is 13.5 Å². The zero-order chi connectivity index (χ0) is 23.4. The summed E-state index contributed by atoms with van der Waals surface area (Å²) in [5.74, 6) is -3.73. The van der Waals surface area contributed by atoms with E-state index in [9.17, 15) is 28.3 Å². The van der Waals surface area contributed by atoms with Crippen LogP contribution in [0.5, 0.6) is 0 Å². The van der Waals surface area contributed by atoms with E-state index >= 15 is 0 Å². The summed E-state index contributed by atoms with van der Waals surface area (Å²) in [4.78, 5) is 39.7. The Bertz CT molecular complexity index is 1600. The fraction of sp³-hybridized carbons (Fsp3) is 0.125. The molecule has 0 spiro atoms. The number of aromatic nitrogens is 2. The smallest absolute Gasteiger partial charge is 0.353 e. The third-order valence-electron chi connectivity index (χ3n) is 5.80. The molecule has 33 heavy (non-hydrogen) atoms. The number of aromatic amines is 1. The standard InChI is InChI=1S/C24H16F2N2O5/c1-11-7-15(25)12(8-18(11)29)10-28-17-9-16(26)13-4-6-33-22(13)20(17)19(21(28)24(31)32)14-3-2-5-27-23(14)30/h2-9,11H,10H2,1H3,(H,27,30)(H,31,32). The van der Waals surface area contributed by atoms with Crippen molar-refractivity contribution in [3.63, 3.8) is 0 Å². The van der Waals surface area contributed by atoms with Crippen molar-refractivity contribution in [1.82, 2.24) is 9.55 Å². The molecule has 0 saturated heterocycles. The molecule has 1 aliphatic carbocycles. The van der Waals surface area contributed by atoms with Crippen molar-refractivity contribution in [1.29, 1.82) is 0 Å². The molecule has 0 radical (unpaired) electrons. The van der Waals surface area contributed by atoms with Gasteiger partial charge in [0.25, 0.3) is 5.56 Å². The van der Waals surface area contributed by atoms with E-state index in [0.717, 1.165) is 18.2 Å². The number of benzene rings is 1. The third kappa shape index (κ3) is 3.12. The average molecular weight is 450 g/mol. The molecule has 3 aromatic heterocycles. The molecule has 9 heteroatoms. The number of carbonyl (C=O) groups is 2. The molecule has 0 saturated carbocycles. The summed E-state index contributed by atoms with van der Waals surface area (Å²) in [5.41, 5.74) is -0.778. The van der Waals surface area contributed by atoms with E-state index in [1.807, 2.05) is 0 Å². The number of rotatable bonds is 4. The highest BCUT2D eigenvalue weighted by Crippen LogP contribution is 2.40. The monoisotopic (exact) mass is 450 g/mol. The molecule has 166 valence electrons. The van der Waals surface area contributed by atoms with Gasteiger partial charge >= 0.3 is 5.97 Å². The van der Waals surface area contributed by atoms with Gasteiger partial charge in [-0.25, -0.2) is 13.6 Å². The number of carbonyl (C=O) groups excluding carboxylic acids is 1. The number of nitrogens with one attached hydrogen (secondary N) is 1. The minimum absolute atomic E-state index is 0.0137. The highest BCUT2D eigenvalue weighted by molar-refractivity contribution is 6.17. The van der Waals surface area contributed by atoms with Crippen LogP contribution < -0.4 is 5.56 Å². The van der Waals surface area contributed by atoms with Crippen molar-refractivity contribution in [2.24, 2.45) is 5.92 Å². The summed E-state index contributed by atoms with van der Waals surface area (Å²) in [6.45, 7) is 1.18. The van der Waals surface area contributed by atoms with Gasteiger partial charge in [0.15, 0.2) is 5.78 Å². The molecule has 0 aliphatic heterocycles. The number of furan rings is 1. The fourth-order valence-corrected chi connectivity index (χ4v) is 4.25. The van der Waals surface area contributed by atoms with Crippen molar-refractivity contribution in [3.8, 4) is 11.1 Å². The van der Waals surface area contributed by atoms with E-state index in [-0.39, 0.29) is 56.6 Å². The first kappa shape index (κ1) is 20.6. The lowest BCUT2D eigenvalue weighted by atomic mass is 9.96. The van der Waals surface area contributed by atoms with Gasteiger partial charge in [-0.1, -0.05) is 6.92 Å². The van der Waals surface area contributed by atoms with Gasteiger partial charge in [0, 0.05) is 23.3 Å². The van der Waals surface area contributed by atoms with Crippen LogP contribution in [0.2, 0.25) is 0 Å². The number of carboxylic acids is 1. The molecule has 1 aromatic carbocycles. The molecule has 0 bridgehead atoms. The SMILES string of the molecule is CC1C=C(F)C(Cn2c(C(=O)O)c(-c3ccc[nH]c3=O)c3c4occc4c(F)cc32)=CC1=O. The number of carboxylic acid groups (broad SMARTS) is 1. The molecule has 7 nitrogen and oxygen atoms in total. The first-order valence-electron chi connectivity index (χ1n) is 10.0. The predicted octanol–water partition coefficient (Wildman–Crippen LogP) is 4.58. The Balaban J connectivity index is 1.91. The summed E-state index contributed by atoms with van der Waals surface area (Å²) in [5, 5.41) is 10.4. The molecule has 1 unspecified atom stereocenters. The first-order chi connectivity index (χ1) is 15.8. The fourth-order valence-electron chi connectivity index (χ4n) is 4.25. The maximum atomic E-state index is 14.9. The first-order valence-corrected chi connectivity index (χ1v) is 10.0. The van der Waals surface area contributed by atoms with Gasteiger partial charge in [-0.2, -0.15) is 0 Å². The highest BCUT2D eigenvalue weighted by atomic mass is 19.1. The zero-order valence-electron chi connectivity index (χ0n) is 17.2. The van der Waals surface area contributed by atoms with Crippen LogP contribution in [0.15, 0.2) is 69.5 Å². The van der Waals surface area contributed by atoms with Crippen LogP contribution in [0.4, 0.5) is 8.78 Å². The summed E-state index contributed by atoms with van der Waals surface area (Å²) in [6.07, 6.45) is 4.93. The van der Waals surface area contributed by atoms with E-state index in [1.165, 1.54) is 35.2 Å². The average Bonchev–Trinajstić information content (AvgIpc) is 3.36. The van der Waals surface area contributed by atoms with Crippen LogP contribution in [-0.4, -0.2) is 26.4 Å². The largest absolute Gasteiger partial charge is 0.477 e. The zero-order valence-corrected chi connectivity index (χ0v) is 17.2. The molecular weight excluding hydrogens is 434 g/mol. The van der Waals surface area contributed by atoms with Crippen LogP contribution in [0.3, 0.4) is 0 Å². The van der Waals surface area contributed by atoms with E-state index < -0.39 is 29.1 Å². The number of aromatic carboxylic acids is 1. The molecule has 0 amide bonds. The summed E-state index contributed by atoms with van der Waals surface area (Å²) in [7, 11) is 0. The van der Waals surface area contributed by atoms with Crippen LogP contribution in [0, 0.1) is 11.7 Å². The van der Waals surface area contributed by atoms with Crippen molar-refractivity contribution >= 4 is 33.6 Å². The molecular formula is C24H16F2N2O5. The Morgan fingerprint density at radius 2 is 2.06 bits per heavy atom. The Hall–Kier alpha value is -4.27. The Morgan fingerprint density at radius 1 is 1.27 bits per heavy atom. The van der Waals surface area contributed by atoms with E-state index in [2.05, 4.69) is 4.98 Å². The number of ketones is 1. The van der Waals surface area contributed by atoms with Gasteiger partial charge in [0.1, 0.15) is 22.9 Å². The molecule has 0 fully saturated rings. The summed E-state index contributed by atoms with van der Waals surface area (Å²) >= 11 is 0. The van der Waals surface area contributed by atoms with Gasteiger partial charge in [-0.3, -0.25) is 9.59 Å². The number of fused-ring (bicyclic) bond motifs is 3. The predicted molar refractivity (Wildman–Crippen MR) is 116 cm³/mol. The topological polar surface area (TPSA) is 105 Å². The maximum Gasteiger partial charge on any atom is 0.353 e. The number of hydrogen-bond donors (Lipinski definition) is 2. The molecule has 5 rings (SSSR count). The van der Waals surface area contributed by atoms with Crippen molar-refractivity contribution in [3.05, 3.63) is 82.1 Å². The van der Waals surface area contributed by atoms with Crippen LogP contribution in [-0.2, 0) is 11.3 Å². The molecule has 2 N–H and O–H groups in total. The lowest BCUT2D eigenvalue weighted by Gasteiger charge is -2.16.